The molecule has 0 aliphatic heterocycles. The van der Waals surface area contributed by atoms with Gasteiger partial charge in [-0.25, -0.2) is 0 Å². The van der Waals surface area contributed by atoms with Crippen molar-refractivity contribution >= 4 is 11.7 Å². The summed E-state index contributed by atoms with van der Waals surface area (Å²) in [5.41, 5.74) is 10.7. The van der Waals surface area contributed by atoms with Gasteiger partial charge in [0.2, 0.25) is 0 Å². The van der Waals surface area contributed by atoms with Gasteiger partial charge in [-0.15, -0.1) is 0 Å². The van der Waals surface area contributed by atoms with Crippen LogP contribution in [0.4, 0.5) is 0 Å². The predicted molar refractivity (Wildman–Crippen MR) is 40.7 cm³/mol. The largest absolute Gasteiger partial charge is 0.460 e. The molecule has 0 saturated heterocycles. The van der Waals surface area contributed by atoms with E-state index in [4.69, 9.17) is 26.7 Å². The molecule has 1 heterocycles. The number of amidine groups is 2. The average Bonchev–Trinajstić information content (AvgIpc) is 2.33. The summed E-state index contributed by atoms with van der Waals surface area (Å²) in [6.07, 6.45) is 1.29. The predicted octanol–water partition coefficient (Wildman–Crippen LogP) is -0.152. The van der Waals surface area contributed by atoms with Crippen molar-refractivity contribution in [1.29, 1.82) is 10.8 Å². The first kappa shape index (κ1) is 7.33. The summed E-state index contributed by atoms with van der Waals surface area (Å²) in [5.74, 6) is -0.0334. The summed E-state index contributed by atoms with van der Waals surface area (Å²) in [6, 6.07) is 1.45. The Morgan fingerprint density at radius 1 is 1.27 bits per heavy atom. The maximum Gasteiger partial charge on any atom is 0.168 e. The molecule has 0 radical (unpaired) electrons. The van der Waals surface area contributed by atoms with Crippen LogP contribution < -0.4 is 11.5 Å². The third-order valence-electron chi connectivity index (χ3n) is 1.18. The van der Waals surface area contributed by atoms with E-state index in [2.05, 4.69) is 0 Å². The molecule has 0 amide bonds. The van der Waals surface area contributed by atoms with E-state index >= 15 is 0 Å². The number of rotatable bonds is 2. The van der Waals surface area contributed by atoms with Crippen molar-refractivity contribution in [2.75, 3.05) is 0 Å². The van der Waals surface area contributed by atoms with E-state index in [9.17, 15) is 0 Å². The van der Waals surface area contributed by atoms with Crippen LogP contribution in [0.2, 0.25) is 0 Å². The molecule has 5 heteroatoms. The lowest BCUT2D eigenvalue weighted by Gasteiger charge is -1.86. The number of nitrogens with one attached hydrogen (secondary N) is 2. The first-order valence-electron chi connectivity index (χ1n) is 2.88. The van der Waals surface area contributed by atoms with Crippen molar-refractivity contribution in [3.8, 4) is 0 Å². The fourth-order valence-corrected chi connectivity index (χ4v) is 0.619. The van der Waals surface area contributed by atoms with E-state index in [0.717, 1.165) is 0 Å². The highest BCUT2D eigenvalue weighted by atomic mass is 16.3. The zero-order chi connectivity index (χ0) is 8.43. The minimum atomic E-state index is -0.169. The Bertz CT molecular complexity index is 273. The van der Waals surface area contributed by atoms with Crippen molar-refractivity contribution < 1.29 is 4.42 Å². The molecule has 0 bridgehead atoms. The highest BCUT2D eigenvalue weighted by molar-refractivity contribution is 5.98. The second-order valence-corrected chi connectivity index (χ2v) is 2.03. The highest BCUT2D eigenvalue weighted by Gasteiger charge is 2.04. The van der Waals surface area contributed by atoms with Gasteiger partial charge in [0, 0.05) is 0 Å². The van der Waals surface area contributed by atoms with Crippen LogP contribution in [0.1, 0.15) is 11.3 Å². The van der Waals surface area contributed by atoms with Gasteiger partial charge in [0.25, 0.3) is 0 Å². The topological polar surface area (TPSA) is 113 Å². The van der Waals surface area contributed by atoms with E-state index in [1.807, 2.05) is 0 Å². The first-order valence-corrected chi connectivity index (χ1v) is 2.88. The molecule has 0 aliphatic carbocycles. The van der Waals surface area contributed by atoms with Gasteiger partial charge in [-0.1, -0.05) is 0 Å². The number of hydrogen-bond donors (Lipinski definition) is 4. The molecule has 1 rings (SSSR count). The second-order valence-electron chi connectivity index (χ2n) is 2.03. The normalized spacial score (nSPS) is 9.45. The summed E-state index contributed by atoms with van der Waals surface area (Å²) >= 11 is 0. The molecule has 0 aromatic carbocycles. The lowest BCUT2D eigenvalue weighted by molar-refractivity contribution is 0.555. The Labute approximate surface area is 63.0 Å². The van der Waals surface area contributed by atoms with Crippen molar-refractivity contribution in [1.82, 2.24) is 0 Å². The first-order chi connectivity index (χ1) is 5.11. The zero-order valence-electron chi connectivity index (χ0n) is 5.72. The smallest absolute Gasteiger partial charge is 0.168 e. The van der Waals surface area contributed by atoms with E-state index < -0.39 is 0 Å². The van der Waals surface area contributed by atoms with Gasteiger partial charge in [0.05, 0.1) is 5.56 Å². The molecule has 6 N–H and O–H groups in total. The van der Waals surface area contributed by atoms with Gasteiger partial charge in [0.1, 0.15) is 12.1 Å². The van der Waals surface area contributed by atoms with Crippen LogP contribution in [0.3, 0.4) is 0 Å². The van der Waals surface area contributed by atoms with Gasteiger partial charge < -0.3 is 15.9 Å². The average molecular weight is 152 g/mol. The molecule has 0 atom stereocenters. The number of furan rings is 1. The quantitative estimate of drug-likeness (QED) is 0.349. The van der Waals surface area contributed by atoms with Gasteiger partial charge in [-0.2, -0.15) is 0 Å². The van der Waals surface area contributed by atoms with E-state index in [-0.39, 0.29) is 17.4 Å². The Morgan fingerprint density at radius 2 is 1.91 bits per heavy atom. The second kappa shape index (κ2) is 2.45. The molecule has 1 aromatic heterocycles. The van der Waals surface area contributed by atoms with Crippen LogP contribution in [0.5, 0.6) is 0 Å². The highest BCUT2D eigenvalue weighted by Crippen LogP contribution is 2.05. The van der Waals surface area contributed by atoms with E-state index in [1.54, 1.807) is 0 Å². The van der Waals surface area contributed by atoms with Gasteiger partial charge in [-0.3, -0.25) is 10.8 Å². The zero-order valence-corrected chi connectivity index (χ0v) is 5.72. The van der Waals surface area contributed by atoms with Crippen molar-refractivity contribution in [3.05, 3.63) is 23.7 Å². The Morgan fingerprint density at radius 3 is 2.18 bits per heavy atom. The van der Waals surface area contributed by atoms with Crippen molar-refractivity contribution in [2.24, 2.45) is 11.5 Å². The minimum Gasteiger partial charge on any atom is -0.460 e. The molecule has 0 spiro atoms. The Balaban J connectivity index is 2.99. The molecule has 58 valence electrons. The molecule has 0 unspecified atom stereocenters. The molecule has 1 aromatic rings. The standard InChI is InChI=1S/C6H8N4O/c7-5(8)3-1-4(6(9)10)11-2-3/h1-2H,(H3,7,8)(H3,9,10). The molecular formula is C6H8N4O. The van der Waals surface area contributed by atoms with Crippen LogP contribution in [0, 0.1) is 10.8 Å². The summed E-state index contributed by atoms with van der Waals surface area (Å²) in [4.78, 5) is 0. The Hall–Kier alpha value is -1.78. The monoisotopic (exact) mass is 152 g/mol. The summed E-state index contributed by atoms with van der Waals surface area (Å²) in [5, 5.41) is 14.0. The number of nitrogens with two attached hydrogens (primary N) is 2. The van der Waals surface area contributed by atoms with Crippen LogP contribution in [-0.2, 0) is 0 Å². The maximum absolute atomic E-state index is 7.00. The van der Waals surface area contributed by atoms with Crippen molar-refractivity contribution in [3.63, 3.8) is 0 Å². The SMILES string of the molecule is N=C(N)c1coc(C(=N)N)c1. The van der Waals surface area contributed by atoms with Crippen LogP contribution in [0.15, 0.2) is 16.7 Å². The van der Waals surface area contributed by atoms with Crippen molar-refractivity contribution in [2.45, 2.75) is 0 Å². The lowest BCUT2D eigenvalue weighted by Crippen LogP contribution is -2.11. The molecule has 11 heavy (non-hydrogen) atoms. The van der Waals surface area contributed by atoms with E-state index in [1.165, 1.54) is 12.3 Å². The molecule has 5 nitrogen and oxygen atoms in total. The lowest BCUT2D eigenvalue weighted by atomic mass is 10.3. The number of hydrogen-bond acceptors (Lipinski definition) is 3. The van der Waals surface area contributed by atoms with Crippen LogP contribution >= 0.6 is 0 Å². The Kier molecular flexibility index (Phi) is 1.63. The summed E-state index contributed by atoms with van der Waals surface area (Å²) < 4.78 is 4.82. The fourth-order valence-electron chi connectivity index (χ4n) is 0.619. The molecule has 0 fully saturated rings. The molecule has 0 saturated carbocycles. The van der Waals surface area contributed by atoms with Gasteiger partial charge >= 0.3 is 0 Å². The van der Waals surface area contributed by atoms with Gasteiger partial charge in [-0.05, 0) is 6.07 Å². The fraction of sp³-hybridized carbons (Fsp3) is 0. The van der Waals surface area contributed by atoms with Crippen LogP contribution in [0.25, 0.3) is 0 Å². The molecular weight excluding hydrogens is 144 g/mol. The van der Waals surface area contributed by atoms with Gasteiger partial charge in [0.15, 0.2) is 11.6 Å². The van der Waals surface area contributed by atoms with E-state index in [0.29, 0.717) is 5.56 Å². The minimum absolute atomic E-state index is 0.0961. The molecule has 0 aliphatic rings. The van der Waals surface area contributed by atoms with Crippen LogP contribution in [-0.4, -0.2) is 11.7 Å². The number of nitrogen functional groups attached to an aromatic ring is 2. The maximum atomic E-state index is 7.00. The third-order valence-corrected chi connectivity index (χ3v) is 1.18. The summed E-state index contributed by atoms with van der Waals surface area (Å²) in [6.45, 7) is 0. The third kappa shape index (κ3) is 1.37. The summed E-state index contributed by atoms with van der Waals surface area (Å²) in [7, 11) is 0.